The molecular formula is C22H23F3N2O4. The second-order valence-electron chi connectivity index (χ2n) is 6.79. The first-order valence-corrected chi connectivity index (χ1v) is 9.49. The number of nitriles is 1. The summed E-state index contributed by atoms with van der Waals surface area (Å²) >= 11 is 0. The van der Waals surface area contributed by atoms with Crippen LogP contribution in [0.4, 0.5) is 24.5 Å². The molecule has 0 saturated carbocycles. The largest absolute Gasteiger partial charge is 0.481 e. The van der Waals surface area contributed by atoms with Gasteiger partial charge in [0.25, 0.3) is 0 Å². The number of hydrogen-bond acceptors (Lipinski definition) is 5. The van der Waals surface area contributed by atoms with Gasteiger partial charge in [-0.2, -0.15) is 18.4 Å². The maximum atomic E-state index is 13.7. The minimum Gasteiger partial charge on any atom is -0.481 e. The van der Waals surface area contributed by atoms with E-state index in [2.05, 4.69) is 5.32 Å². The second kappa shape index (κ2) is 10.8. The Morgan fingerprint density at radius 2 is 1.90 bits per heavy atom. The molecule has 2 rings (SSSR count). The van der Waals surface area contributed by atoms with Crippen LogP contribution >= 0.6 is 0 Å². The predicted octanol–water partition coefficient (Wildman–Crippen LogP) is 5.15. The average molecular weight is 436 g/mol. The first-order valence-electron chi connectivity index (χ1n) is 9.49. The monoisotopic (exact) mass is 436 g/mol. The molecule has 2 atom stereocenters. The molecule has 2 N–H and O–H groups in total. The summed E-state index contributed by atoms with van der Waals surface area (Å²) in [5.74, 6) is -1.59. The summed E-state index contributed by atoms with van der Waals surface area (Å²) in [7, 11) is 1.42. The van der Waals surface area contributed by atoms with Gasteiger partial charge in [0.15, 0.2) is 6.10 Å². The van der Waals surface area contributed by atoms with Crippen molar-refractivity contribution < 1.29 is 32.5 Å². The Hall–Kier alpha value is -3.09. The van der Waals surface area contributed by atoms with E-state index in [-0.39, 0.29) is 30.9 Å². The van der Waals surface area contributed by atoms with E-state index in [0.717, 1.165) is 0 Å². The molecular weight excluding hydrogens is 413 g/mol. The normalized spacial score (nSPS) is 13.3. The standard InChI is InChI=1S/C22H23F3N2O4/c1-3-31-21(22(23,24)25)18-9-6-15(16(13-30-2)11-20(28)29)10-19(18)27-17-7-4-14(12-26)5-8-17/h4-10,16,21,27H,3,11,13H2,1-2H3,(H,28,29)/t16-,21-/m1/s1. The molecule has 0 heterocycles. The van der Waals surface area contributed by atoms with Crippen molar-refractivity contribution in [3.05, 3.63) is 59.2 Å². The Labute approximate surface area is 178 Å². The van der Waals surface area contributed by atoms with Crippen LogP contribution in [0.25, 0.3) is 0 Å². The minimum absolute atomic E-state index is 0.0934. The van der Waals surface area contributed by atoms with Crippen LogP contribution in [0.15, 0.2) is 42.5 Å². The van der Waals surface area contributed by atoms with Gasteiger partial charge >= 0.3 is 12.1 Å². The highest BCUT2D eigenvalue weighted by molar-refractivity contribution is 5.69. The number of carboxylic acid groups (broad SMARTS) is 1. The van der Waals surface area contributed by atoms with Gasteiger partial charge in [-0.25, -0.2) is 0 Å². The van der Waals surface area contributed by atoms with Crippen LogP contribution in [-0.4, -0.2) is 37.6 Å². The molecule has 0 spiro atoms. The number of anilines is 2. The summed E-state index contributed by atoms with van der Waals surface area (Å²) in [6.45, 7) is 1.42. The molecule has 31 heavy (non-hydrogen) atoms. The van der Waals surface area contributed by atoms with Gasteiger partial charge in [0.2, 0.25) is 0 Å². The fourth-order valence-corrected chi connectivity index (χ4v) is 3.16. The second-order valence-corrected chi connectivity index (χ2v) is 6.79. The van der Waals surface area contributed by atoms with Gasteiger partial charge in [0.05, 0.1) is 24.7 Å². The third kappa shape index (κ3) is 6.70. The molecule has 0 aliphatic heterocycles. The zero-order chi connectivity index (χ0) is 23.0. The molecule has 2 aromatic rings. The smallest absolute Gasteiger partial charge is 0.418 e. The van der Waals surface area contributed by atoms with Crippen molar-refractivity contribution in [3.8, 4) is 6.07 Å². The SMILES string of the molecule is CCO[C@H](c1ccc([C@@H](COC)CC(=O)O)cc1Nc1ccc(C#N)cc1)C(F)(F)F. The maximum Gasteiger partial charge on any atom is 0.418 e. The lowest BCUT2D eigenvalue weighted by molar-refractivity contribution is -0.222. The van der Waals surface area contributed by atoms with Crippen molar-refractivity contribution in [3.63, 3.8) is 0 Å². The molecule has 6 nitrogen and oxygen atoms in total. The van der Waals surface area contributed by atoms with E-state index in [1.807, 2.05) is 6.07 Å². The van der Waals surface area contributed by atoms with E-state index in [1.165, 1.54) is 44.4 Å². The molecule has 0 saturated heterocycles. The van der Waals surface area contributed by atoms with Gasteiger partial charge < -0.3 is 19.9 Å². The maximum absolute atomic E-state index is 13.7. The number of halogens is 3. The summed E-state index contributed by atoms with van der Waals surface area (Å²) in [6, 6.07) is 12.4. The quantitative estimate of drug-likeness (QED) is 0.535. The van der Waals surface area contributed by atoms with Gasteiger partial charge in [0.1, 0.15) is 0 Å². The lowest BCUT2D eigenvalue weighted by atomic mass is 9.93. The fourth-order valence-electron chi connectivity index (χ4n) is 3.16. The Morgan fingerprint density at radius 3 is 2.42 bits per heavy atom. The minimum atomic E-state index is -4.65. The Morgan fingerprint density at radius 1 is 1.23 bits per heavy atom. The summed E-state index contributed by atoms with van der Waals surface area (Å²) < 4.78 is 51.1. The van der Waals surface area contributed by atoms with Crippen LogP contribution < -0.4 is 5.32 Å². The van der Waals surface area contributed by atoms with E-state index in [0.29, 0.717) is 16.8 Å². The van der Waals surface area contributed by atoms with E-state index in [9.17, 15) is 23.1 Å². The number of rotatable bonds is 10. The molecule has 9 heteroatoms. The van der Waals surface area contributed by atoms with E-state index in [4.69, 9.17) is 14.7 Å². The first kappa shape index (κ1) is 24.2. The number of carboxylic acids is 1. The van der Waals surface area contributed by atoms with Crippen molar-refractivity contribution in [2.75, 3.05) is 25.6 Å². The van der Waals surface area contributed by atoms with Gasteiger partial charge in [0, 0.05) is 36.6 Å². The third-order valence-electron chi connectivity index (χ3n) is 4.54. The number of benzene rings is 2. The molecule has 2 aromatic carbocycles. The van der Waals surface area contributed by atoms with Gasteiger partial charge in [-0.3, -0.25) is 4.79 Å². The highest BCUT2D eigenvalue weighted by Gasteiger charge is 2.43. The third-order valence-corrected chi connectivity index (χ3v) is 4.54. The molecule has 0 bridgehead atoms. The predicted molar refractivity (Wildman–Crippen MR) is 108 cm³/mol. The number of hydrogen-bond donors (Lipinski definition) is 2. The van der Waals surface area contributed by atoms with E-state index < -0.39 is 24.2 Å². The lowest BCUT2D eigenvalue weighted by Gasteiger charge is -2.25. The van der Waals surface area contributed by atoms with Gasteiger partial charge in [-0.1, -0.05) is 12.1 Å². The van der Waals surface area contributed by atoms with Crippen molar-refractivity contribution in [1.29, 1.82) is 5.26 Å². The highest BCUT2D eigenvalue weighted by atomic mass is 19.4. The molecule has 0 unspecified atom stereocenters. The van der Waals surface area contributed by atoms with Crippen molar-refractivity contribution in [1.82, 2.24) is 0 Å². The van der Waals surface area contributed by atoms with Crippen molar-refractivity contribution >= 4 is 17.3 Å². The zero-order valence-corrected chi connectivity index (χ0v) is 17.1. The Bertz CT molecular complexity index is 924. The van der Waals surface area contributed by atoms with Crippen LogP contribution in [0.1, 0.15) is 42.1 Å². The first-order chi connectivity index (χ1) is 14.7. The lowest BCUT2D eigenvalue weighted by Crippen LogP contribution is -2.24. The summed E-state index contributed by atoms with van der Waals surface area (Å²) in [4.78, 5) is 11.2. The van der Waals surface area contributed by atoms with Crippen molar-refractivity contribution in [2.24, 2.45) is 0 Å². The molecule has 0 aromatic heterocycles. The molecule has 166 valence electrons. The number of nitrogens with one attached hydrogen (secondary N) is 1. The zero-order valence-electron chi connectivity index (χ0n) is 17.1. The highest BCUT2D eigenvalue weighted by Crippen LogP contribution is 2.41. The van der Waals surface area contributed by atoms with Crippen LogP contribution in [0.2, 0.25) is 0 Å². The number of nitrogens with zero attached hydrogens (tertiary/aromatic N) is 1. The molecule has 0 radical (unpaired) electrons. The molecule has 0 aliphatic carbocycles. The summed E-state index contributed by atoms with van der Waals surface area (Å²) in [6.07, 6.45) is -7.05. The van der Waals surface area contributed by atoms with Crippen LogP contribution in [0.5, 0.6) is 0 Å². The topological polar surface area (TPSA) is 91.6 Å². The van der Waals surface area contributed by atoms with Crippen LogP contribution in [0.3, 0.4) is 0 Å². The molecule has 0 fully saturated rings. The number of alkyl halides is 3. The Balaban J connectivity index is 2.55. The fraction of sp³-hybridized carbons (Fsp3) is 0.364. The van der Waals surface area contributed by atoms with Gasteiger partial charge in [-0.15, -0.1) is 0 Å². The number of aliphatic carboxylic acids is 1. The number of carbonyl (C=O) groups is 1. The van der Waals surface area contributed by atoms with E-state index in [1.54, 1.807) is 12.1 Å². The average Bonchev–Trinajstić information content (AvgIpc) is 2.71. The van der Waals surface area contributed by atoms with Crippen LogP contribution in [0, 0.1) is 11.3 Å². The van der Waals surface area contributed by atoms with E-state index >= 15 is 0 Å². The Kier molecular flexibility index (Phi) is 8.42. The van der Waals surface area contributed by atoms with Crippen LogP contribution in [-0.2, 0) is 14.3 Å². The van der Waals surface area contributed by atoms with Gasteiger partial charge in [-0.05, 0) is 42.8 Å². The number of methoxy groups -OCH3 is 1. The summed E-state index contributed by atoms with van der Waals surface area (Å²) in [5.41, 5.74) is 1.39. The summed E-state index contributed by atoms with van der Waals surface area (Å²) in [5, 5.41) is 21.1. The van der Waals surface area contributed by atoms with Crippen molar-refractivity contribution in [2.45, 2.75) is 31.5 Å². The number of ether oxygens (including phenoxy) is 2. The molecule has 0 amide bonds. The molecule has 0 aliphatic rings.